The van der Waals surface area contributed by atoms with Gasteiger partial charge in [-0.05, 0) is 12.8 Å². The highest BCUT2D eigenvalue weighted by molar-refractivity contribution is 7.86. The van der Waals surface area contributed by atoms with Gasteiger partial charge in [0, 0.05) is 32.7 Å². The second kappa shape index (κ2) is 7.18. The van der Waals surface area contributed by atoms with Gasteiger partial charge in [0.25, 0.3) is 10.2 Å². The Hall–Kier alpha value is -0.700. The third-order valence-electron chi connectivity index (χ3n) is 3.05. The Balaban J connectivity index is 2.96. The lowest BCUT2D eigenvalue weighted by Gasteiger charge is -2.36. The first-order chi connectivity index (χ1) is 8.95. The largest absolute Gasteiger partial charge is 0.480 e. The molecule has 1 heterocycles. The number of aliphatic carboxylic acids is 1. The van der Waals surface area contributed by atoms with Crippen molar-refractivity contribution in [1.29, 1.82) is 0 Å². The van der Waals surface area contributed by atoms with Gasteiger partial charge in [-0.15, -0.1) is 0 Å². The van der Waals surface area contributed by atoms with E-state index in [9.17, 15) is 13.2 Å². The van der Waals surface area contributed by atoms with Crippen molar-refractivity contribution in [3.05, 3.63) is 0 Å². The Morgan fingerprint density at radius 2 is 1.95 bits per heavy atom. The first-order valence-electron chi connectivity index (χ1n) is 6.65. The average Bonchev–Trinajstić information content (AvgIpc) is 2.38. The van der Waals surface area contributed by atoms with Crippen molar-refractivity contribution in [3.63, 3.8) is 0 Å². The molecule has 0 radical (unpaired) electrons. The molecule has 0 aromatic rings. The van der Waals surface area contributed by atoms with Crippen LogP contribution in [0.3, 0.4) is 0 Å². The van der Waals surface area contributed by atoms with Gasteiger partial charge in [-0.3, -0.25) is 4.79 Å². The molecule has 0 spiro atoms. The monoisotopic (exact) mass is 293 g/mol. The van der Waals surface area contributed by atoms with Crippen molar-refractivity contribution in [3.8, 4) is 0 Å². The molecule has 0 saturated carbocycles. The summed E-state index contributed by atoms with van der Waals surface area (Å²) >= 11 is 0. The smallest absolute Gasteiger partial charge is 0.323 e. The normalized spacial score (nSPS) is 21.7. The Bertz CT molecular complexity index is 393. The van der Waals surface area contributed by atoms with E-state index in [1.54, 1.807) is 0 Å². The van der Waals surface area contributed by atoms with Gasteiger partial charge in [0.15, 0.2) is 0 Å². The minimum absolute atomic E-state index is 0.153. The highest BCUT2D eigenvalue weighted by Crippen LogP contribution is 2.15. The quantitative estimate of drug-likeness (QED) is 0.673. The van der Waals surface area contributed by atoms with E-state index in [0.717, 1.165) is 4.31 Å². The summed E-state index contributed by atoms with van der Waals surface area (Å²) in [6.45, 7) is 5.49. The average molecular weight is 293 g/mol. The number of rotatable bonds is 7. The van der Waals surface area contributed by atoms with E-state index < -0.39 is 22.2 Å². The third-order valence-corrected chi connectivity index (χ3v) is 5.10. The van der Waals surface area contributed by atoms with E-state index in [2.05, 4.69) is 5.32 Å². The number of hydrogen-bond acceptors (Lipinski definition) is 4. The fourth-order valence-corrected chi connectivity index (χ4v) is 4.09. The van der Waals surface area contributed by atoms with Gasteiger partial charge >= 0.3 is 5.97 Å². The molecule has 1 rings (SSSR count). The Kier molecular flexibility index (Phi) is 6.18. The van der Waals surface area contributed by atoms with Crippen molar-refractivity contribution >= 4 is 16.2 Å². The zero-order chi connectivity index (χ0) is 14.5. The summed E-state index contributed by atoms with van der Waals surface area (Å²) in [4.78, 5) is 11.2. The molecular weight excluding hydrogens is 270 g/mol. The number of carboxylic acids is 1. The molecule has 19 heavy (non-hydrogen) atoms. The highest BCUT2D eigenvalue weighted by Gasteiger charge is 2.39. The summed E-state index contributed by atoms with van der Waals surface area (Å²) in [5.41, 5.74) is 0. The first-order valence-corrected chi connectivity index (χ1v) is 8.05. The molecule has 1 aliphatic heterocycles. The third kappa shape index (κ3) is 3.88. The van der Waals surface area contributed by atoms with Gasteiger partial charge in [0.2, 0.25) is 0 Å². The molecule has 1 unspecified atom stereocenters. The molecule has 0 aromatic carbocycles. The van der Waals surface area contributed by atoms with Crippen LogP contribution in [-0.2, 0) is 15.0 Å². The number of nitrogens with zero attached hydrogens (tertiary/aromatic N) is 2. The van der Waals surface area contributed by atoms with Crippen molar-refractivity contribution < 1.29 is 18.3 Å². The van der Waals surface area contributed by atoms with E-state index in [1.165, 1.54) is 4.31 Å². The second-order valence-electron chi connectivity index (χ2n) is 4.58. The molecule has 1 aliphatic rings. The standard InChI is InChI=1S/C11H23N3O4S/c1-3-6-13(7-4-2)19(17,18)14-8-5-12-9-10(14)11(15)16/h10,12H,3-9H2,1-2H3,(H,15,16). The van der Waals surface area contributed by atoms with Crippen LogP contribution in [0.15, 0.2) is 0 Å². The van der Waals surface area contributed by atoms with Crippen LogP contribution in [0, 0.1) is 0 Å². The molecule has 1 atom stereocenters. The van der Waals surface area contributed by atoms with Gasteiger partial charge in [-0.25, -0.2) is 0 Å². The maximum absolute atomic E-state index is 12.5. The molecular formula is C11H23N3O4S. The van der Waals surface area contributed by atoms with E-state index in [1.807, 2.05) is 13.8 Å². The first kappa shape index (κ1) is 16.4. The molecule has 1 saturated heterocycles. The lowest BCUT2D eigenvalue weighted by Crippen LogP contribution is -2.60. The van der Waals surface area contributed by atoms with E-state index >= 15 is 0 Å². The summed E-state index contributed by atoms with van der Waals surface area (Å²) < 4.78 is 27.6. The molecule has 0 amide bonds. The minimum atomic E-state index is -3.70. The molecule has 2 N–H and O–H groups in total. The SMILES string of the molecule is CCCN(CCC)S(=O)(=O)N1CCNCC1C(=O)O. The predicted octanol–water partition coefficient (Wildman–Crippen LogP) is -0.288. The molecule has 0 aliphatic carbocycles. The van der Waals surface area contributed by atoms with Crippen LogP contribution in [0.4, 0.5) is 0 Å². The summed E-state index contributed by atoms with van der Waals surface area (Å²) in [5.74, 6) is -1.11. The molecule has 1 fully saturated rings. The van der Waals surface area contributed by atoms with Crippen LogP contribution in [0.1, 0.15) is 26.7 Å². The number of piperazine rings is 1. The molecule has 7 nitrogen and oxygen atoms in total. The zero-order valence-corrected chi connectivity index (χ0v) is 12.3. The lowest BCUT2D eigenvalue weighted by atomic mass is 10.2. The second-order valence-corrected chi connectivity index (χ2v) is 6.46. The molecule has 0 aromatic heterocycles. The summed E-state index contributed by atoms with van der Waals surface area (Å²) in [6, 6.07) is -1.02. The van der Waals surface area contributed by atoms with Crippen molar-refractivity contribution in [2.24, 2.45) is 0 Å². The number of carboxylic acid groups (broad SMARTS) is 1. The number of nitrogens with one attached hydrogen (secondary N) is 1. The lowest BCUT2D eigenvalue weighted by molar-refractivity contribution is -0.141. The fourth-order valence-electron chi connectivity index (χ4n) is 2.16. The van der Waals surface area contributed by atoms with E-state index in [4.69, 9.17) is 5.11 Å². The Labute approximate surface area is 114 Å². The van der Waals surface area contributed by atoms with Gasteiger partial charge in [0.05, 0.1) is 0 Å². The Morgan fingerprint density at radius 3 is 2.42 bits per heavy atom. The zero-order valence-electron chi connectivity index (χ0n) is 11.5. The van der Waals surface area contributed by atoms with Crippen LogP contribution in [0.5, 0.6) is 0 Å². The highest BCUT2D eigenvalue weighted by atomic mass is 32.2. The van der Waals surface area contributed by atoms with Gasteiger partial charge in [-0.1, -0.05) is 13.8 Å². The van der Waals surface area contributed by atoms with Crippen molar-refractivity contribution in [2.45, 2.75) is 32.7 Å². The van der Waals surface area contributed by atoms with Crippen LogP contribution in [0.2, 0.25) is 0 Å². The van der Waals surface area contributed by atoms with Crippen LogP contribution in [-0.4, -0.2) is 66.9 Å². The van der Waals surface area contributed by atoms with Crippen molar-refractivity contribution in [1.82, 2.24) is 13.9 Å². The number of hydrogen-bond donors (Lipinski definition) is 2. The van der Waals surface area contributed by atoms with Crippen molar-refractivity contribution in [2.75, 3.05) is 32.7 Å². The van der Waals surface area contributed by atoms with E-state index in [0.29, 0.717) is 32.5 Å². The van der Waals surface area contributed by atoms with Crippen LogP contribution < -0.4 is 5.32 Å². The Morgan fingerprint density at radius 1 is 1.37 bits per heavy atom. The summed E-state index contributed by atoms with van der Waals surface area (Å²) in [6.07, 6.45) is 1.42. The fraction of sp³-hybridized carbons (Fsp3) is 0.909. The van der Waals surface area contributed by atoms with Gasteiger partial charge < -0.3 is 10.4 Å². The van der Waals surface area contributed by atoms with Crippen LogP contribution in [0.25, 0.3) is 0 Å². The van der Waals surface area contributed by atoms with Gasteiger partial charge in [0.1, 0.15) is 6.04 Å². The predicted molar refractivity (Wildman–Crippen MR) is 72.1 cm³/mol. The molecule has 112 valence electrons. The number of carbonyl (C=O) groups is 1. The summed E-state index contributed by atoms with van der Waals surface area (Å²) in [5, 5.41) is 12.1. The van der Waals surface area contributed by atoms with Crippen LogP contribution >= 0.6 is 0 Å². The molecule has 0 bridgehead atoms. The maximum atomic E-state index is 12.5. The topological polar surface area (TPSA) is 90.0 Å². The maximum Gasteiger partial charge on any atom is 0.323 e. The van der Waals surface area contributed by atoms with E-state index in [-0.39, 0.29) is 13.1 Å². The molecule has 8 heteroatoms. The summed E-state index contributed by atoms with van der Waals surface area (Å²) in [7, 11) is -3.70. The minimum Gasteiger partial charge on any atom is -0.480 e. The van der Waals surface area contributed by atoms with Gasteiger partial charge in [-0.2, -0.15) is 17.0 Å².